The largest absolute Gasteiger partial charge is 0.330 e. The molecule has 4 nitrogen and oxygen atoms in total. The number of hydrogen-bond acceptors (Lipinski definition) is 4. The molecule has 0 radical (unpaired) electrons. The highest BCUT2D eigenvalue weighted by molar-refractivity contribution is 7.91. The molecule has 1 aliphatic carbocycles. The van der Waals surface area contributed by atoms with E-state index in [2.05, 4.69) is 4.90 Å². The van der Waals surface area contributed by atoms with Gasteiger partial charge in [-0.3, -0.25) is 0 Å². The Morgan fingerprint density at radius 2 is 2.06 bits per heavy atom. The van der Waals surface area contributed by atoms with Crippen molar-refractivity contribution < 1.29 is 8.42 Å². The van der Waals surface area contributed by atoms with E-state index in [0.29, 0.717) is 12.0 Å². The first-order valence-corrected chi connectivity index (χ1v) is 8.59. The summed E-state index contributed by atoms with van der Waals surface area (Å²) >= 11 is 0. The number of likely N-dealkylation sites (tertiary alicyclic amines) is 1. The van der Waals surface area contributed by atoms with Crippen molar-refractivity contribution >= 4 is 9.84 Å². The van der Waals surface area contributed by atoms with Gasteiger partial charge < -0.3 is 10.6 Å². The van der Waals surface area contributed by atoms with Crippen molar-refractivity contribution in [1.82, 2.24) is 4.90 Å². The summed E-state index contributed by atoms with van der Waals surface area (Å²) in [5.41, 5.74) is 5.70. The predicted molar refractivity (Wildman–Crippen MR) is 69.6 cm³/mol. The minimum absolute atomic E-state index is 0.113. The molecule has 17 heavy (non-hydrogen) atoms. The van der Waals surface area contributed by atoms with Gasteiger partial charge >= 0.3 is 0 Å². The third-order valence-electron chi connectivity index (χ3n) is 4.37. The van der Waals surface area contributed by atoms with Crippen molar-refractivity contribution in [2.75, 3.05) is 25.9 Å². The molecule has 0 spiro atoms. The van der Waals surface area contributed by atoms with Crippen LogP contribution in [-0.4, -0.2) is 50.5 Å². The van der Waals surface area contributed by atoms with Gasteiger partial charge in [0.2, 0.25) is 0 Å². The molecule has 1 heterocycles. The molecule has 3 atom stereocenters. The number of sulfone groups is 1. The monoisotopic (exact) mass is 260 g/mol. The van der Waals surface area contributed by atoms with E-state index in [4.69, 9.17) is 5.73 Å². The maximum Gasteiger partial charge on any atom is 0.150 e. The highest BCUT2D eigenvalue weighted by Gasteiger charge is 2.34. The first-order valence-electron chi connectivity index (χ1n) is 6.63. The molecule has 5 heteroatoms. The number of nitrogens with zero attached hydrogens (tertiary/aromatic N) is 1. The molecule has 2 aliphatic rings. The molecule has 100 valence electrons. The van der Waals surface area contributed by atoms with Crippen molar-refractivity contribution in [3.8, 4) is 0 Å². The van der Waals surface area contributed by atoms with Crippen LogP contribution in [0.3, 0.4) is 0 Å². The fourth-order valence-corrected chi connectivity index (χ4v) is 4.39. The van der Waals surface area contributed by atoms with Crippen LogP contribution in [0.25, 0.3) is 0 Å². The Balaban J connectivity index is 1.94. The van der Waals surface area contributed by atoms with Crippen LogP contribution in [0.5, 0.6) is 0 Å². The van der Waals surface area contributed by atoms with E-state index < -0.39 is 9.84 Å². The third-order valence-corrected chi connectivity index (χ3v) is 6.01. The summed E-state index contributed by atoms with van der Waals surface area (Å²) in [7, 11) is -2.86. The van der Waals surface area contributed by atoms with Gasteiger partial charge in [0.05, 0.1) is 5.25 Å². The Morgan fingerprint density at radius 3 is 2.65 bits per heavy atom. The summed E-state index contributed by atoms with van der Waals surface area (Å²) in [5, 5.41) is -0.113. The maximum absolute atomic E-state index is 11.6. The van der Waals surface area contributed by atoms with Crippen molar-refractivity contribution in [3.05, 3.63) is 0 Å². The summed E-state index contributed by atoms with van der Waals surface area (Å²) in [6.45, 7) is 2.93. The molecular weight excluding hydrogens is 236 g/mol. The van der Waals surface area contributed by atoms with Crippen molar-refractivity contribution in [3.63, 3.8) is 0 Å². The summed E-state index contributed by atoms with van der Waals surface area (Å²) in [4.78, 5) is 2.47. The molecule has 2 rings (SSSR count). The molecule has 0 bridgehead atoms. The predicted octanol–water partition coefficient (Wildman–Crippen LogP) is 0.623. The third kappa shape index (κ3) is 3.20. The molecule has 3 unspecified atom stereocenters. The number of hydrogen-bond donors (Lipinski definition) is 1. The molecule has 2 N–H and O–H groups in total. The molecule has 1 saturated heterocycles. The normalized spacial score (nSPS) is 36.2. The molecule has 1 saturated carbocycles. The Labute approximate surface area is 104 Å². The van der Waals surface area contributed by atoms with Gasteiger partial charge in [-0.15, -0.1) is 0 Å². The second-order valence-corrected chi connectivity index (χ2v) is 7.98. The summed E-state index contributed by atoms with van der Waals surface area (Å²) in [6, 6.07) is 0.472. The van der Waals surface area contributed by atoms with Gasteiger partial charge in [0.1, 0.15) is 9.84 Å². The summed E-state index contributed by atoms with van der Waals surface area (Å²) < 4.78 is 23.3. The van der Waals surface area contributed by atoms with Crippen LogP contribution in [0.1, 0.15) is 32.1 Å². The van der Waals surface area contributed by atoms with Crippen LogP contribution in [0.15, 0.2) is 0 Å². The average Bonchev–Trinajstić information content (AvgIpc) is 2.76. The van der Waals surface area contributed by atoms with Gasteiger partial charge in [-0.25, -0.2) is 8.42 Å². The zero-order valence-electron chi connectivity index (χ0n) is 10.6. The number of rotatable bonds is 3. The van der Waals surface area contributed by atoms with Gasteiger partial charge in [-0.1, -0.05) is 6.42 Å². The molecule has 0 aromatic carbocycles. The Kier molecular flexibility index (Phi) is 4.10. The Morgan fingerprint density at radius 1 is 1.29 bits per heavy atom. The Hall–Kier alpha value is -0.130. The van der Waals surface area contributed by atoms with Crippen LogP contribution in [0, 0.1) is 5.92 Å². The van der Waals surface area contributed by atoms with Crippen LogP contribution < -0.4 is 5.73 Å². The fraction of sp³-hybridized carbons (Fsp3) is 1.00. The van der Waals surface area contributed by atoms with E-state index in [1.54, 1.807) is 0 Å². The highest BCUT2D eigenvalue weighted by atomic mass is 32.2. The topological polar surface area (TPSA) is 63.4 Å². The average molecular weight is 260 g/mol. The molecular formula is C12H24N2O2S. The van der Waals surface area contributed by atoms with E-state index in [1.165, 1.54) is 12.7 Å². The van der Waals surface area contributed by atoms with Gasteiger partial charge in [-0.2, -0.15) is 0 Å². The lowest BCUT2D eigenvalue weighted by Gasteiger charge is -2.34. The standard InChI is InChI=1S/C12H24N2O2S/c1-17(15,16)12-4-2-3-11(7-12)14-6-5-10(8-13)9-14/h10-12H,2-9,13H2,1H3. The van der Waals surface area contributed by atoms with Gasteiger partial charge in [-0.05, 0) is 44.7 Å². The van der Waals surface area contributed by atoms with E-state index in [0.717, 1.165) is 45.3 Å². The first-order chi connectivity index (χ1) is 8.00. The van der Waals surface area contributed by atoms with Crippen molar-refractivity contribution in [1.29, 1.82) is 0 Å². The van der Waals surface area contributed by atoms with Crippen molar-refractivity contribution in [2.45, 2.75) is 43.4 Å². The smallest absolute Gasteiger partial charge is 0.150 e. The highest BCUT2D eigenvalue weighted by Crippen LogP contribution is 2.30. The van der Waals surface area contributed by atoms with Gasteiger partial charge in [0, 0.05) is 18.8 Å². The zero-order chi connectivity index (χ0) is 12.5. The van der Waals surface area contributed by atoms with E-state index in [-0.39, 0.29) is 5.25 Å². The van der Waals surface area contributed by atoms with Crippen LogP contribution in [-0.2, 0) is 9.84 Å². The lowest BCUT2D eigenvalue weighted by Crippen LogP contribution is -2.41. The van der Waals surface area contributed by atoms with E-state index in [9.17, 15) is 8.42 Å². The SMILES string of the molecule is CS(=O)(=O)C1CCCC(N2CCC(CN)C2)C1. The molecule has 0 amide bonds. The molecule has 0 aromatic rings. The van der Waals surface area contributed by atoms with Crippen LogP contribution in [0.4, 0.5) is 0 Å². The van der Waals surface area contributed by atoms with E-state index in [1.807, 2.05) is 0 Å². The molecule has 0 aromatic heterocycles. The summed E-state index contributed by atoms with van der Waals surface area (Å²) in [6.07, 6.45) is 6.44. The van der Waals surface area contributed by atoms with Gasteiger partial charge in [0.25, 0.3) is 0 Å². The fourth-order valence-electron chi connectivity index (χ4n) is 3.23. The maximum atomic E-state index is 11.6. The van der Waals surface area contributed by atoms with E-state index >= 15 is 0 Å². The number of nitrogens with two attached hydrogens (primary N) is 1. The second-order valence-electron chi connectivity index (χ2n) is 5.66. The lowest BCUT2D eigenvalue weighted by atomic mass is 9.94. The first kappa shape index (κ1) is 13.3. The van der Waals surface area contributed by atoms with Crippen molar-refractivity contribution in [2.24, 2.45) is 11.7 Å². The van der Waals surface area contributed by atoms with Gasteiger partial charge in [0.15, 0.2) is 0 Å². The lowest BCUT2D eigenvalue weighted by molar-refractivity contribution is 0.187. The quantitative estimate of drug-likeness (QED) is 0.808. The van der Waals surface area contributed by atoms with Crippen LogP contribution >= 0.6 is 0 Å². The molecule has 1 aliphatic heterocycles. The summed E-state index contributed by atoms with van der Waals surface area (Å²) in [5.74, 6) is 0.619. The molecule has 2 fully saturated rings. The Bertz CT molecular complexity index is 356. The van der Waals surface area contributed by atoms with Crippen LogP contribution in [0.2, 0.25) is 0 Å². The minimum Gasteiger partial charge on any atom is -0.330 e. The minimum atomic E-state index is -2.86. The zero-order valence-corrected chi connectivity index (χ0v) is 11.5. The second kappa shape index (κ2) is 5.24.